The Bertz CT molecular complexity index is 417. The minimum atomic E-state index is 0.634. The van der Waals surface area contributed by atoms with Gasteiger partial charge in [0.05, 0.1) is 6.61 Å². The maximum atomic E-state index is 5.80. The number of benzene rings is 1. The van der Waals surface area contributed by atoms with Crippen LogP contribution in [0.5, 0.6) is 5.75 Å². The summed E-state index contributed by atoms with van der Waals surface area (Å²) in [7, 11) is 0. The second kappa shape index (κ2) is 5.96. The molecule has 1 aromatic rings. The Labute approximate surface area is 116 Å². The van der Waals surface area contributed by atoms with Gasteiger partial charge in [-0.3, -0.25) is 0 Å². The van der Waals surface area contributed by atoms with Crippen molar-refractivity contribution in [2.24, 2.45) is 11.8 Å². The van der Waals surface area contributed by atoms with Crippen molar-refractivity contribution >= 4 is 0 Å². The lowest BCUT2D eigenvalue weighted by molar-refractivity contribution is 0.145. The zero-order valence-corrected chi connectivity index (χ0v) is 11.9. The molecule has 1 fully saturated rings. The van der Waals surface area contributed by atoms with Gasteiger partial charge in [0.2, 0.25) is 0 Å². The fraction of sp³-hybridized carbons (Fsp3) is 0.647. The number of fused-ring (bicyclic) bond motifs is 1. The van der Waals surface area contributed by atoms with E-state index in [1.165, 1.54) is 44.3 Å². The summed E-state index contributed by atoms with van der Waals surface area (Å²) in [6, 6.07) is 8.57. The van der Waals surface area contributed by atoms with Crippen LogP contribution < -0.4 is 10.1 Å². The van der Waals surface area contributed by atoms with Gasteiger partial charge in [-0.05, 0) is 56.7 Å². The van der Waals surface area contributed by atoms with Crippen molar-refractivity contribution in [3.05, 3.63) is 29.8 Å². The second-order valence-electron chi connectivity index (χ2n) is 6.08. The summed E-state index contributed by atoms with van der Waals surface area (Å²) in [5.74, 6) is 3.56. The molecule has 2 aliphatic rings. The van der Waals surface area contributed by atoms with E-state index in [4.69, 9.17) is 4.74 Å². The molecule has 1 heterocycles. The van der Waals surface area contributed by atoms with E-state index in [-0.39, 0.29) is 0 Å². The lowest BCUT2D eigenvalue weighted by Crippen LogP contribution is -2.36. The van der Waals surface area contributed by atoms with Gasteiger partial charge in [0.25, 0.3) is 0 Å². The summed E-state index contributed by atoms with van der Waals surface area (Å²) in [6.07, 6.45) is 5.38. The van der Waals surface area contributed by atoms with Crippen molar-refractivity contribution < 1.29 is 4.74 Å². The summed E-state index contributed by atoms with van der Waals surface area (Å²) in [5, 5.41) is 3.58. The molecule has 0 aromatic heterocycles. The third-order valence-corrected chi connectivity index (χ3v) is 4.79. The van der Waals surface area contributed by atoms with Crippen LogP contribution in [0.2, 0.25) is 0 Å². The van der Waals surface area contributed by atoms with Gasteiger partial charge >= 0.3 is 0 Å². The Morgan fingerprint density at radius 2 is 2.05 bits per heavy atom. The van der Waals surface area contributed by atoms with Crippen molar-refractivity contribution in [1.82, 2.24) is 5.32 Å². The normalized spacial score (nSPS) is 28.6. The van der Waals surface area contributed by atoms with Crippen molar-refractivity contribution in [1.29, 1.82) is 0 Å². The Morgan fingerprint density at radius 3 is 2.84 bits per heavy atom. The SMILES string of the molecule is CCCNCC1CCC1CC1COc2ccccc21. The van der Waals surface area contributed by atoms with E-state index < -0.39 is 0 Å². The molecule has 104 valence electrons. The first-order valence-corrected chi connectivity index (χ1v) is 7.81. The monoisotopic (exact) mass is 259 g/mol. The van der Waals surface area contributed by atoms with Gasteiger partial charge in [-0.25, -0.2) is 0 Å². The highest BCUT2D eigenvalue weighted by atomic mass is 16.5. The molecule has 1 N–H and O–H groups in total. The van der Waals surface area contributed by atoms with Crippen LogP contribution in [0.15, 0.2) is 24.3 Å². The van der Waals surface area contributed by atoms with Gasteiger partial charge in [0.15, 0.2) is 0 Å². The van der Waals surface area contributed by atoms with E-state index in [1.54, 1.807) is 0 Å². The summed E-state index contributed by atoms with van der Waals surface area (Å²) in [4.78, 5) is 0. The first-order chi connectivity index (χ1) is 9.38. The van der Waals surface area contributed by atoms with Gasteiger partial charge in [0, 0.05) is 11.5 Å². The first-order valence-electron chi connectivity index (χ1n) is 7.81. The average Bonchev–Trinajstić information content (AvgIpc) is 2.83. The molecule has 1 aromatic carbocycles. The maximum Gasteiger partial charge on any atom is 0.122 e. The molecule has 1 saturated carbocycles. The van der Waals surface area contributed by atoms with E-state index in [9.17, 15) is 0 Å². The molecular formula is C17H25NO. The minimum absolute atomic E-state index is 0.634. The molecule has 1 aliphatic carbocycles. The number of ether oxygens (including phenoxy) is 1. The largest absolute Gasteiger partial charge is 0.493 e. The maximum absolute atomic E-state index is 5.80. The Balaban J connectivity index is 1.52. The first kappa shape index (κ1) is 13.0. The molecule has 3 unspecified atom stereocenters. The van der Waals surface area contributed by atoms with Crippen molar-refractivity contribution in [3.8, 4) is 5.75 Å². The number of nitrogens with one attached hydrogen (secondary N) is 1. The molecule has 0 radical (unpaired) electrons. The number of hydrogen-bond donors (Lipinski definition) is 1. The average molecular weight is 259 g/mol. The highest BCUT2D eigenvalue weighted by Gasteiger charge is 2.35. The predicted octanol–water partition coefficient (Wildman–Crippen LogP) is 3.58. The smallest absolute Gasteiger partial charge is 0.122 e. The highest BCUT2D eigenvalue weighted by Crippen LogP contribution is 2.44. The standard InChI is InChI=1S/C17H25NO/c1-2-9-18-11-14-8-7-13(14)10-15-12-19-17-6-4-3-5-16(15)17/h3-6,13-15,18H,2,7-12H2,1H3. The molecule has 0 saturated heterocycles. The molecule has 2 nitrogen and oxygen atoms in total. The fourth-order valence-electron chi connectivity index (χ4n) is 3.47. The second-order valence-corrected chi connectivity index (χ2v) is 6.08. The van der Waals surface area contributed by atoms with Crippen LogP contribution in [0.3, 0.4) is 0 Å². The highest BCUT2D eigenvalue weighted by molar-refractivity contribution is 5.39. The van der Waals surface area contributed by atoms with E-state index in [0.29, 0.717) is 5.92 Å². The topological polar surface area (TPSA) is 21.3 Å². The summed E-state index contributed by atoms with van der Waals surface area (Å²) in [5.41, 5.74) is 1.44. The lowest BCUT2D eigenvalue weighted by atomic mass is 9.69. The molecule has 0 bridgehead atoms. The Kier molecular flexibility index (Phi) is 4.07. The third kappa shape index (κ3) is 2.79. The zero-order valence-electron chi connectivity index (χ0n) is 11.9. The van der Waals surface area contributed by atoms with Crippen LogP contribution in [0, 0.1) is 11.8 Å². The molecule has 3 rings (SSSR count). The molecular weight excluding hydrogens is 234 g/mol. The molecule has 2 heteroatoms. The lowest BCUT2D eigenvalue weighted by Gasteiger charge is -2.38. The van der Waals surface area contributed by atoms with Crippen LogP contribution in [0.1, 0.15) is 44.1 Å². The van der Waals surface area contributed by atoms with Gasteiger partial charge in [-0.2, -0.15) is 0 Å². The van der Waals surface area contributed by atoms with Gasteiger partial charge in [0.1, 0.15) is 5.75 Å². The van der Waals surface area contributed by atoms with Crippen LogP contribution in [-0.4, -0.2) is 19.7 Å². The van der Waals surface area contributed by atoms with E-state index >= 15 is 0 Å². The van der Waals surface area contributed by atoms with Crippen molar-refractivity contribution in [2.75, 3.05) is 19.7 Å². The minimum Gasteiger partial charge on any atom is -0.493 e. The zero-order chi connectivity index (χ0) is 13.1. The van der Waals surface area contributed by atoms with E-state index in [2.05, 4.69) is 36.5 Å². The van der Waals surface area contributed by atoms with Crippen molar-refractivity contribution in [2.45, 2.75) is 38.5 Å². The van der Waals surface area contributed by atoms with Gasteiger partial charge in [-0.15, -0.1) is 0 Å². The predicted molar refractivity (Wildman–Crippen MR) is 78.7 cm³/mol. The third-order valence-electron chi connectivity index (χ3n) is 4.79. The van der Waals surface area contributed by atoms with Crippen LogP contribution >= 0.6 is 0 Å². The summed E-state index contributed by atoms with van der Waals surface area (Å²) >= 11 is 0. The van der Waals surface area contributed by atoms with Crippen LogP contribution in [0.4, 0.5) is 0 Å². The number of rotatable bonds is 6. The molecule has 0 amide bonds. The summed E-state index contributed by atoms with van der Waals surface area (Å²) in [6.45, 7) is 5.51. The number of hydrogen-bond acceptors (Lipinski definition) is 2. The van der Waals surface area contributed by atoms with Crippen molar-refractivity contribution in [3.63, 3.8) is 0 Å². The molecule has 19 heavy (non-hydrogen) atoms. The van der Waals surface area contributed by atoms with E-state index in [0.717, 1.165) is 24.2 Å². The van der Waals surface area contributed by atoms with E-state index in [1.807, 2.05) is 0 Å². The molecule has 1 aliphatic heterocycles. The summed E-state index contributed by atoms with van der Waals surface area (Å²) < 4.78 is 5.80. The Hall–Kier alpha value is -1.02. The molecule has 0 spiro atoms. The Morgan fingerprint density at radius 1 is 1.21 bits per heavy atom. The fourth-order valence-corrected chi connectivity index (χ4v) is 3.47. The number of para-hydroxylation sites is 1. The molecule has 3 atom stereocenters. The van der Waals surface area contributed by atoms with Crippen LogP contribution in [-0.2, 0) is 0 Å². The quantitative estimate of drug-likeness (QED) is 0.788. The van der Waals surface area contributed by atoms with Gasteiger partial charge < -0.3 is 10.1 Å². The van der Waals surface area contributed by atoms with Crippen LogP contribution in [0.25, 0.3) is 0 Å². The van der Waals surface area contributed by atoms with Gasteiger partial charge in [-0.1, -0.05) is 25.1 Å².